The van der Waals surface area contributed by atoms with Gasteiger partial charge in [-0.1, -0.05) is 35.0 Å². The molecular formula is C17H20BrNO. The third-order valence-electron chi connectivity index (χ3n) is 3.47. The predicted octanol–water partition coefficient (Wildman–Crippen LogP) is 5.20. The Kier molecular flexibility index (Phi) is 4.71. The quantitative estimate of drug-likeness (QED) is 0.805. The van der Waals surface area contributed by atoms with Crippen LogP contribution in [0.5, 0.6) is 5.75 Å². The summed E-state index contributed by atoms with van der Waals surface area (Å²) >= 11 is 3.50. The zero-order valence-corrected chi connectivity index (χ0v) is 13.7. The first kappa shape index (κ1) is 14.9. The highest BCUT2D eigenvalue weighted by Gasteiger charge is 2.12. The van der Waals surface area contributed by atoms with E-state index in [4.69, 9.17) is 0 Å². The number of halogens is 1. The Balaban J connectivity index is 2.25. The normalized spacial score (nSPS) is 12.2. The molecule has 1 atom stereocenters. The van der Waals surface area contributed by atoms with Crippen LogP contribution in [0.3, 0.4) is 0 Å². The summed E-state index contributed by atoms with van der Waals surface area (Å²) in [6.45, 7) is 6.18. The van der Waals surface area contributed by atoms with Gasteiger partial charge < -0.3 is 10.4 Å². The van der Waals surface area contributed by atoms with E-state index in [9.17, 15) is 5.11 Å². The fourth-order valence-electron chi connectivity index (χ4n) is 2.33. The summed E-state index contributed by atoms with van der Waals surface area (Å²) in [6.07, 6.45) is 0.967. The van der Waals surface area contributed by atoms with Crippen LogP contribution in [-0.2, 0) is 6.42 Å². The standard InChI is InChI=1S/C17H20BrNO/c1-4-13-10-14(18)6-8-16(13)19-12(3)15-7-5-11(2)9-17(15)20/h5-10,12,19-20H,4H2,1-3H3. The monoisotopic (exact) mass is 333 g/mol. The van der Waals surface area contributed by atoms with E-state index in [-0.39, 0.29) is 6.04 Å². The van der Waals surface area contributed by atoms with Crippen molar-refractivity contribution in [3.8, 4) is 5.75 Å². The first-order valence-corrected chi connectivity index (χ1v) is 7.65. The Labute approximate surface area is 129 Å². The largest absolute Gasteiger partial charge is 0.508 e. The van der Waals surface area contributed by atoms with Crippen molar-refractivity contribution < 1.29 is 5.11 Å². The number of anilines is 1. The van der Waals surface area contributed by atoms with Gasteiger partial charge in [-0.25, -0.2) is 0 Å². The van der Waals surface area contributed by atoms with E-state index in [0.29, 0.717) is 5.75 Å². The minimum absolute atomic E-state index is 0.0575. The summed E-state index contributed by atoms with van der Waals surface area (Å²) in [6, 6.07) is 12.1. The van der Waals surface area contributed by atoms with E-state index in [2.05, 4.69) is 47.2 Å². The second-order valence-corrected chi connectivity index (χ2v) is 6.00. The summed E-state index contributed by atoms with van der Waals surface area (Å²) in [5.74, 6) is 0.347. The Bertz CT molecular complexity index is 610. The summed E-state index contributed by atoms with van der Waals surface area (Å²) in [4.78, 5) is 0. The van der Waals surface area contributed by atoms with Crippen molar-refractivity contribution in [3.63, 3.8) is 0 Å². The number of hydrogen-bond acceptors (Lipinski definition) is 2. The lowest BCUT2D eigenvalue weighted by Gasteiger charge is -2.19. The van der Waals surface area contributed by atoms with Crippen molar-refractivity contribution in [3.05, 3.63) is 57.6 Å². The first-order valence-electron chi connectivity index (χ1n) is 6.85. The maximum absolute atomic E-state index is 10.1. The van der Waals surface area contributed by atoms with Crippen molar-refractivity contribution in [2.24, 2.45) is 0 Å². The molecule has 0 radical (unpaired) electrons. The molecule has 0 spiro atoms. The minimum Gasteiger partial charge on any atom is -0.508 e. The van der Waals surface area contributed by atoms with Gasteiger partial charge in [-0.3, -0.25) is 0 Å². The van der Waals surface area contributed by atoms with Gasteiger partial charge in [-0.05, 0) is 55.7 Å². The third-order valence-corrected chi connectivity index (χ3v) is 3.97. The number of phenolic OH excluding ortho intramolecular Hbond substituents is 1. The molecule has 0 fully saturated rings. The van der Waals surface area contributed by atoms with Crippen LogP contribution in [0, 0.1) is 6.92 Å². The van der Waals surface area contributed by atoms with E-state index in [0.717, 1.165) is 27.7 Å². The summed E-state index contributed by atoms with van der Waals surface area (Å²) in [5.41, 5.74) is 4.36. The molecule has 2 aromatic carbocycles. The van der Waals surface area contributed by atoms with Crippen molar-refractivity contribution in [1.29, 1.82) is 0 Å². The smallest absolute Gasteiger partial charge is 0.121 e. The number of rotatable bonds is 4. The van der Waals surface area contributed by atoms with Crippen LogP contribution >= 0.6 is 15.9 Å². The number of nitrogens with one attached hydrogen (secondary N) is 1. The zero-order chi connectivity index (χ0) is 14.7. The summed E-state index contributed by atoms with van der Waals surface area (Å²) in [5, 5.41) is 13.5. The van der Waals surface area contributed by atoms with Gasteiger partial charge in [0, 0.05) is 15.7 Å². The van der Waals surface area contributed by atoms with E-state index < -0.39 is 0 Å². The van der Waals surface area contributed by atoms with E-state index in [1.54, 1.807) is 6.07 Å². The highest BCUT2D eigenvalue weighted by Crippen LogP contribution is 2.30. The maximum Gasteiger partial charge on any atom is 0.121 e. The van der Waals surface area contributed by atoms with Crippen molar-refractivity contribution in [2.45, 2.75) is 33.2 Å². The van der Waals surface area contributed by atoms with E-state index in [1.807, 2.05) is 25.1 Å². The number of aromatic hydroxyl groups is 1. The number of phenols is 1. The highest BCUT2D eigenvalue weighted by atomic mass is 79.9. The molecular weight excluding hydrogens is 314 g/mol. The molecule has 2 rings (SSSR count). The second kappa shape index (κ2) is 6.31. The van der Waals surface area contributed by atoms with Gasteiger partial charge in [0.15, 0.2) is 0 Å². The maximum atomic E-state index is 10.1. The number of benzene rings is 2. The molecule has 0 aliphatic rings. The predicted molar refractivity (Wildman–Crippen MR) is 88.4 cm³/mol. The molecule has 0 saturated carbocycles. The zero-order valence-electron chi connectivity index (χ0n) is 12.1. The van der Waals surface area contributed by atoms with Crippen LogP contribution in [0.2, 0.25) is 0 Å². The molecule has 106 valence electrons. The number of aryl methyl sites for hydroxylation is 2. The fourth-order valence-corrected chi connectivity index (χ4v) is 2.73. The minimum atomic E-state index is 0.0575. The topological polar surface area (TPSA) is 32.3 Å². The molecule has 2 aromatic rings. The average molecular weight is 334 g/mol. The van der Waals surface area contributed by atoms with Gasteiger partial charge in [0.25, 0.3) is 0 Å². The Morgan fingerprint density at radius 2 is 1.95 bits per heavy atom. The molecule has 0 heterocycles. The van der Waals surface area contributed by atoms with Gasteiger partial charge in [0.05, 0.1) is 6.04 Å². The number of hydrogen-bond donors (Lipinski definition) is 2. The van der Waals surface area contributed by atoms with E-state index >= 15 is 0 Å². The van der Waals surface area contributed by atoms with Gasteiger partial charge >= 0.3 is 0 Å². The van der Waals surface area contributed by atoms with Gasteiger partial charge in [-0.2, -0.15) is 0 Å². The molecule has 3 heteroatoms. The molecule has 0 amide bonds. The van der Waals surface area contributed by atoms with Crippen molar-refractivity contribution in [1.82, 2.24) is 0 Å². The SMILES string of the molecule is CCc1cc(Br)ccc1NC(C)c1ccc(C)cc1O. The summed E-state index contributed by atoms with van der Waals surface area (Å²) in [7, 11) is 0. The van der Waals surface area contributed by atoms with Gasteiger partial charge in [0.1, 0.15) is 5.75 Å². The van der Waals surface area contributed by atoms with Crippen LogP contribution in [0.4, 0.5) is 5.69 Å². The third kappa shape index (κ3) is 3.34. The van der Waals surface area contributed by atoms with Gasteiger partial charge in [-0.15, -0.1) is 0 Å². The molecule has 1 unspecified atom stereocenters. The molecule has 2 N–H and O–H groups in total. The van der Waals surface area contributed by atoms with Crippen LogP contribution in [0.1, 0.15) is 36.6 Å². The van der Waals surface area contributed by atoms with Crippen molar-refractivity contribution >= 4 is 21.6 Å². The van der Waals surface area contributed by atoms with Crippen LogP contribution in [0.25, 0.3) is 0 Å². The van der Waals surface area contributed by atoms with E-state index in [1.165, 1.54) is 5.56 Å². The first-order chi connectivity index (χ1) is 9.51. The molecule has 0 aromatic heterocycles. The lowest BCUT2D eigenvalue weighted by molar-refractivity contribution is 0.465. The summed E-state index contributed by atoms with van der Waals surface area (Å²) < 4.78 is 1.09. The van der Waals surface area contributed by atoms with Crippen LogP contribution in [-0.4, -0.2) is 5.11 Å². The second-order valence-electron chi connectivity index (χ2n) is 5.08. The lowest BCUT2D eigenvalue weighted by atomic mass is 10.0. The molecule has 0 bridgehead atoms. The molecule has 0 saturated heterocycles. The Morgan fingerprint density at radius 1 is 1.20 bits per heavy atom. The van der Waals surface area contributed by atoms with Crippen molar-refractivity contribution in [2.75, 3.05) is 5.32 Å². The molecule has 20 heavy (non-hydrogen) atoms. The highest BCUT2D eigenvalue weighted by molar-refractivity contribution is 9.10. The fraction of sp³-hybridized carbons (Fsp3) is 0.294. The van der Waals surface area contributed by atoms with Crippen LogP contribution < -0.4 is 5.32 Å². The van der Waals surface area contributed by atoms with Crippen LogP contribution in [0.15, 0.2) is 40.9 Å². The Morgan fingerprint density at radius 3 is 2.60 bits per heavy atom. The molecule has 2 nitrogen and oxygen atoms in total. The molecule has 0 aliphatic heterocycles. The lowest BCUT2D eigenvalue weighted by Crippen LogP contribution is -2.08. The Hall–Kier alpha value is -1.48. The average Bonchev–Trinajstić information content (AvgIpc) is 2.40. The molecule has 0 aliphatic carbocycles. The van der Waals surface area contributed by atoms with Gasteiger partial charge in [0.2, 0.25) is 0 Å².